The Morgan fingerprint density at radius 3 is 2.52 bits per heavy atom. The Bertz CT molecular complexity index is 1140. The van der Waals surface area contributed by atoms with E-state index >= 15 is 0 Å². The molecule has 0 fully saturated rings. The van der Waals surface area contributed by atoms with Crippen LogP contribution in [-0.2, 0) is 17.8 Å². The lowest BCUT2D eigenvalue weighted by molar-refractivity contribution is 0.160. The van der Waals surface area contributed by atoms with Gasteiger partial charge >= 0.3 is 0 Å². The zero-order valence-corrected chi connectivity index (χ0v) is 18.2. The zero-order valence-electron chi connectivity index (χ0n) is 18.2. The number of methoxy groups -OCH3 is 1. The molecule has 0 N–H and O–H groups in total. The van der Waals surface area contributed by atoms with E-state index in [1.807, 2.05) is 13.1 Å². The van der Waals surface area contributed by atoms with Gasteiger partial charge in [0, 0.05) is 30.5 Å². The number of ether oxygens (including phenoxy) is 1. The number of nitrogens with zero attached hydrogens (tertiary/aromatic N) is 3. The van der Waals surface area contributed by atoms with E-state index in [-0.39, 0.29) is 0 Å². The summed E-state index contributed by atoms with van der Waals surface area (Å²) in [5, 5.41) is 8.16. The zero-order chi connectivity index (χ0) is 21.6. The molecule has 0 amide bonds. The van der Waals surface area contributed by atoms with Gasteiger partial charge < -0.3 is 9.15 Å². The first kappa shape index (κ1) is 20.9. The van der Waals surface area contributed by atoms with Gasteiger partial charge in [0.25, 0.3) is 0 Å². The molecule has 2 aromatic carbocycles. The summed E-state index contributed by atoms with van der Waals surface area (Å²) in [6, 6.07) is 21.4. The van der Waals surface area contributed by atoms with Crippen LogP contribution in [-0.4, -0.2) is 22.3 Å². The summed E-state index contributed by atoms with van der Waals surface area (Å²) in [5.74, 6) is 1.29. The van der Waals surface area contributed by atoms with Gasteiger partial charge in [-0.05, 0) is 73.2 Å². The molecule has 4 rings (SSSR count). The average Bonchev–Trinajstić information content (AvgIpc) is 3.24. The average molecular weight is 414 g/mol. The highest BCUT2D eigenvalue weighted by molar-refractivity contribution is 5.54. The molecule has 0 aliphatic carbocycles. The van der Waals surface area contributed by atoms with Crippen LogP contribution in [0.2, 0.25) is 0 Å². The number of rotatable bonds is 8. The summed E-state index contributed by atoms with van der Waals surface area (Å²) in [7, 11) is 1.61. The summed E-state index contributed by atoms with van der Waals surface area (Å²) >= 11 is 0. The first-order valence-electron chi connectivity index (χ1n) is 10.5. The molecule has 0 radical (unpaired) electrons. The Labute approximate surface area is 183 Å². The molecule has 0 aliphatic rings. The molecule has 31 heavy (non-hydrogen) atoms. The molecule has 0 spiro atoms. The van der Waals surface area contributed by atoms with Gasteiger partial charge in [0.15, 0.2) is 0 Å². The van der Waals surface area contributed by atoms with E-state index in [4.69, 9.17) is 9.15 Å². The van der Waals surface area contributed by atoms with Crippen LogP contribution in [0.5, 0.6) is 0 Å². The molecule has 2 aromatic heterocycles. The fourth-order valence-corrected chi connectivity index (χ4v) is 3.96. The molecule has 5 nitrogen and oxygen atoms in total. The predicted molar refractivity (Wildman–Crippen MR) is 121 cm³/mol. The first-order chi connectivity index (χ1) is 15.1. The van der Waals surface area contributed by atoms with Gasteiger partial charge in [0.05, 0.1) is 0 Å². The highest BCUT2D eigenvalue weighted by Gasteiger charge is 2.17. The summed E-state index contributed by atoms with van der Waals surface area (Å²) in [4.78, 5) is 4.32. The maximum Gasteiger partial charge on any atom is 0.247 e. The third-order valence-corrected chi connectivity index (χ3v) is 5.54. The van der Waals surface area contributed by atoms with Gasteiger partial charge in [-0.2, -0.15) is 0 Å². The minimum absolute atomic E-state index is 0.301. The Morgan fingerprint density at radius 1 is 0.968 bits per heavy atom. The lowest BCUT2D eigenvalue weighted by atomic mass is 9.84. The molecule has 0 saturated heterocycles. The normalized spacial score (nSPS) is 12.1. The fraction of sp³-hybridized carbons (Fsp3) is 0.269. The van der Waals surface area contributed by atoms with Crippen LogP contribution in [0.15, 0.2) is 71.3 Å². The number of benzene rings is 2. The van der Waals surface area contributed by atoms with Gasteiger partial charge in [0.1, 0.15) is 6.61 Å². The topological polar surface area (TPSA) is 61.0 Å². The molecule has 5 heteroatoms. The number of aromatic nitrogens is 3. The number of pyridine rings is 1. The van der Waals surface area contributed by atoms with Gasteiger partial charge in [-0.15, -0.1) is 10.2 Å². The predicted octanol–water partition coefficient (Wildman–Crippen LogP) is 5.66. The molecule has 1 atom stereocenters. The minimum atomic E-state index is 0.301. The summed E-state index contributed by atoms with van der Waals surface area (Å²) in [5.41, 5.74) is 7.23. The van der Waals surface area contributed by atoms with Crippen molar-refractivity contribution in [2.24, 2.45) is 0 Å². The van der Waals surface area contributed by atoms with Crippen LogP contribution in [0.4, 0.5) is 0 Å². The SMILES string of the molecule is COCc1nnc(-c2ccc(C(CCc3ccnc(C)c3)c3ccccc3C)cc2)o1. The van der Waals surface area contributed by atoms with Gasteiger partial charge in [0.2, 0.25) is 11.8 Å². The third kappa shape index (κ3) is 5.06. The monoisotopic (exact) mass is 413 g/mol. The van der Waals surface area contributed by atoms with Crippen LogP contribution in [0, 0.1) is 13.8 Å². The van der Waals surface area contributed by atoms with Crippen molar-refractivity contribution in [1.29, 1.82) is 0 Å². The van der Waals surface area contributed by atoms with Crippen molar-refractivity contribution in [2.75, 3.05) is 7.11 Å². The molecule has 0 aliphatic heterocycles. The number of hydrogen-bond acceptors (Lipinski definition) is 5. The second kappa shape index (κ2) is 9.67. The van der Waals surface area contributed by atoms with Crippen molar-refractivity contribution in [1.82, 2.24) is 15.2 Å². The van der Waals surface area contributed by atoms with Crippen LogP contribution >= 0.6 is 0 Å². The standard InChI is InChI=1S/C26H27N3O2/c1-18-6-4-5-7-23(18)24(13-8-20-14-15-27-19(2)16-20)21-9-11-22(12-10-21)26-29-28-25(31-26)17-30-3/h4-7,9-12,14-16,24H,8,13,17H2,1-3H3. The van der Waals surface area contributed by atoms with E-state index in [2.05, 4.69) is 82.8 Å². The third-order valence-electron chi connectivity index (χ3n) is 5.54. The molecular weight excluding hydrogens is 386 g/mol. The number of hydrogen-bond donors (Lipinski definition) is 0. The van der Waals surface area contributed by atoms with Crippen LogP contribution in [0.3, 0.4) is 0 Å². The lowest BCUT2D eigenvalue weighted by Gasteiger charge is -2.20. The highest BCUT2D eigenvalue weighted by Crippen LogP contribution is 2.33. The summed E-state index contributed by atoms with van der Waals surface area (Å²) in [6.07, 6.45) is 3.91. The molecular formula is C26H27N3O2. The fourth-order valence-electron chi connectivity index (χ4n) is 3.96. The molecule has 1 unspecified atom stereocenters. The van der Waals surface area contributed by atoms with Gasteiger partial charge in [-0.1, -0.05) is 36.4 Å². The van der Waals surface area contributed by atoms with Crippen molar-refractivity contribution in [2.45, 2.75) is 39.2 Å². The van der Waals surface area contributed by atoms with E-state index in [0.29, 0.717) is 24.3 Å². The van der Waals surface area contributed by atoms with E-state index in [1.54, 1.807) is 7.11 Å². The number of aryl methyl sites for hydroxylation is 3. The molecule has 0 saturated carbocycles. The first-order valence-corrected chi connectivity index (χ1v) is 10.5. The maximum atomic E-state index is 5.68. The van der Waals surface area contributed by atoms with E-state index in [9.17, 15) is 0 Å². The van der Waals surface area contributed by atoms with E-state index in [1.165, 1.54) is 22.3 Å². The Kier molecular flexibility index (Phi) is 6.53. The van der Waals surface area contributed by atoms with E-state index < -0.39 is 0 Å². The molecule has 2 heterocycles. The van der Waals surface area contributed by atoms with Crippen molar-refractivity contribution < 1.29 is 9.15 Å². The summed E-state index contributed by atoms with van der Waals surface area (Å²) in [6.45, 7) is 4.54. The van der Waals surface area contributed by atoms with Crippen LogP contribution in [0.1, 0.15) is 46.2 Å². The van der Waals surface area contributed by atoms with E-state index in [0.717, 1.165) is 24.1 Å². The summed E-state index contributed by atoms with van der Waals surface area (Å²) < 4.78 is 10.7. The highest BCUT2D eigenvalue weighted by atomic mass is 16.5. The Balaban J connectivity index is 1.60. The molecule has 4 aromatic rings. The van der Waals surface area contributed by atoms with Crippen LogP contribution in [0.25, 0.3) is 11.5 Å². The van der Waals surface area contributed by atoms with Crippen LogP contribution < -0.4 is 0 Å². The second-order valence-electron chi connectivity index (χ2n) is 7.81. The Morgan fingerprint density at radius 2 is 1.77 bits per heavy atom. The molecule has 0 bridgehead atoms. The van der Waals surface area contributed by atoms with Crippen molar-refractivity contribution in [3.63, 3.8) is 0 Å². The van der Waals surface area contributed by atoms with Crippen molar-refractivity contribution in [3.05, 3.63) is 101 Å². The minimum Gasteiger partial charge on any atom is -0.418 e. The Hall–Kier alpha value is -3.31. The smallest absolute Gasteiger partial charge is 0.247 e. The quantitative estimate of drug-likeness (QED) is 0.373. The largest absolute Gasteiger partial charge is 0.418 e. The van der Waals surface area contributed by atoms with Gasteiger partial charge in [-0.25, -0.2) is 0 Å². The van der Waals surface area contributed by atoms with Gasteiger partial charge in [-0.3, -0.25) is 4.98 Å². The van der Waals surface area contributed by atoms with Crippen molar-refractivity contribution >= 4 is 0 Å². The van der Waals surface area contributed by atoms with Crippen molar-refractivity contribution in [3.8, 4) is 11.5 Å². The maximum absolute atomic E-state index is 5.68. The second-order valence-corrected chi connectivity index (χ2v) is 7.81. The molecule has 158 valence electrons. The lowest BCUT2D eigenvalue weighted by Crippen LogP contribution is -2.05.